The van der Waals surface area contributed by atoms with Crippen LogP contribution in [0.15, 0.2) is 61.1 Å². The minimum absolute atomic E-state index is 0.0118. The quantitative estimate of drug-likeness (QED) is 0.498. The Bertz CT molecular complexity index is 1290. The molecule has 1 aromatic carbocycles. The summed E-state index contributed by atoms with van der Waals surface area (Å²) in [6.07, 6.45) is 1.99. The molecule has 1 aliphatic heterocycles. The lowest BCUT2D eigenvalue weighted by atomic mass is 10.0. The van der Waals surface area contributed by atoms with E-state index in [-0.39, 0.29) is 30.2 Å². The molecule has 4 heterocycles. The molecule has 1 amide bonds. The van der Waals surface area contributed by atoms with Gasteiger partial charge in [-0.15, -0.1) is 0 Å². The van der Waals surface area contributed by atoms with Crippen molar-refractivity contribution in [1.29, 1.82) is 0 Å². The molecule has 0 spiro atoms. The largest absolute Gasteiger partial charge is 0.466 e. The number of hydrogen-bond acceptors (Lipinski definition) is 4. The van der Waals surface area contributed by atoms with Crippen molar-refractivity contribution >= 4 is 22.5 Å². The van der Waals surface area contributed by atoms with Crippen molar-refractivity contribution in [3.05, 3.63) is 72.4 Å². The van der Waals surface area contributed by atoms with Crippen LogP contribution < -0.4 is 4.74 Å². The smallest absolute Gasteiger partial charge is 0.287 e. The van der Waals surface area contributed by atoms with Crippen LogP contribution in [0.25, 0.3) is 16.6 Å². The van der Waals surface area contributed by atoms with Crippen molar-refractivity contribution in [3.8, 4) is 5.88 Å². The number of amides is 1. The number of ether oxygens (including phenoxy) is 1. The molecule has 3 aromatic heterocycles. The van der Waals surface area contributed by atoms with Gasteiger partial charge in [-0.3, -0.25) is 4.79 Å². The topological polar surface area (TPSA) is 59.7 Å². The van der Waals surface area contributed by atoms with Crippen molar-refractivity contribution in [2.75, 3.05) is 13.1 Å². The number of likely N-dealkylation sites (tertiary alicyclic amines) is 1. The Morgan fingerprint density at radius 1 is 1.19 bits per heavy atom. The number of nitrogens with zero attached hydrogens (tertiary/aromatic N) is 4. The Hall–Kier alpha value is -3.62. The second-order valence-electron chi connectivity index (χ2n) is 7.44. The maximum Gasteiger partial charge on any atom is 0.287 e. The minimum Gasteiger partial charge on any atom is -0.466 e. The Kier molecular flexibility index (Phi) is 4.53. The molecule has 6 nitrogen and oxygen atoms in total. The number of para-hydroxylation sites is 1. The Labute approximate surface area is 174 Å². The monoisotopic (exact) mass is 426 g/mol. The van der Waals surface area contributed by atoms with Crippen LogP contribution in [0.1, 0.15) is 16.8 Å². The van der Waals surface area contributed by atoms with Crippen LogP contribution in [0, 0.1) is 5.82 Å². The molecule has 9 heteroatoms. The lowest BCUT2D eigenvalue weighted by Crippen LogP contribution is -2.55. The zero-order chi connectivity index (χ0) is 21.6. The summed E-state index contributed by atoms with van der Waals surface area (Å²) in [5.74, 6) is -4.29. The Morgan fingerprint density at radius 2 is 2.03 bits per heavy atom. The van der Waals surface area contributed by atoms with Gasteiger partial charge in [0.1, 0.15) is 11.5 Å². The van der Waals surface area contributed by atoms with Crippen LogP contribution in [-0.2, 0) is 0 Å². The van der Waals surface area contributed by atoms with Crippen LogP contribution in [0.3, 0.4) is 0 Å². The highest BCUT2D eigenvalue weighted by molar-refractivity contribution is 5.99. The molecule has 5 rings (SSSR count). The fourth-order valence-corrected chi connectivity index (χ4v) is 3.76. The molecule has 1 saturated heterocycles. The number of carbonyl (C=O) groups excluding carboxylic acids is 1. The van der Waals surface area contributed by atoms with Gasteiger partial charge in [-0.2, -0.15) is 0 Å². The number of aromatic nitrogens is 3. The van der Waals surface area contributed by atoms with Gasteiger partial charge in [0.2, 0.25) is 5.88 Å². The van der Waals surface area contributed by atoms with E-state index in [0.717, 1.165) is 11.5 Å². The number of pyridine rings is 2. The third kappa shape index (κ3) is 3.56. The SMILES string of the molecule is O=C(c1cc(F)cn2ccnc12)N1CCC(F)(F)C(Oc2ccc3ccccc3n2)C1. The third-order valence-corrected chi connectivity index (χ3v) is 5.38. The Balaban J connectivity index is 1.41. The molecule has 1 unspecified atom stereocenters. The number of alkyl halides is 2. The van der Waals surface area contributed by atoms with E-state index in [0.29, 0.717) is 5.52 Å². The number of piperidine rings is 1. The van der Waals surface area contributed by atoms with Crippen LogP contribution >= 0.6 is 0 Å². The summed E-state index contributed by atoms with van der Waals surface area (Å²) in [5.41, 5.74) is 0.892. The summed E-state index contributed by atoms with van der Waals surface area (Å²) >= 11 is 0. The molecule has 0 radical (unpaired) electrons. The molecule has 1 atom stereocenters. The minimum atomic E-state index is -3.14. The summed E-state index contributed by atoms with van der Waals surface area (Å²) in [6, 6.07) is 11.6. The Morgan fingerprint density at radius 3 is 2.90 bits per heavy atom. The second kappa shape index (κ2) is 7.26. The van der Waals surface area contributed by atoms with Crippen molar-refractivity contribution in [3.63, 3.8) is 0 Å². The van der Waals surface area contributed by atoms with E-state index < -0.39 is 30.2 Å². The van der Waals surface area contributed by atoms with Gasteiger partial charge < -0.3 is 14.0 Å². The molecule has 1 aliphatic rings. The summed E-state index contributed by atoms with van der Waals surface area (Å²) in [4.78, 5) is 22.6. The standard InChI is InChI=1S/C22H17F3N4O2/c23-15-11-16(20-26-8-10-28(20)12-15)21(30)29-9-7-22(24,25)18(13-29)31-19-6-5-14-3-1-2-4-17(14)27-19/h1-6,8,10-12,18H,7,9,13H2. The average Bonchev–Trinajstić information content (AvgIpc) is 3.22. The molecule has 0 bridgehead atoms. The molecule has 4 aromatic rings. The van der Waals surface area contributed by atoms with E-state index in [9.17, 15) is 18.0 Å². The highest BCUT2D eigenvalue weighted by atomic mass is 19.3. The fraction of sp³-hybridized carbons (Fsp3) is 0.227. The van der Waals surface area contributed by atoms with Crippen LogP contribution in [0.4, 0.5) is 13.2 Å². The summed E-state index contributed by atoms with van der Waals surface area (Å²) in [5, 5.41) is 0.858. The number of carbonyl (C=O) groups is 1. The van der Waals surface area contributed by atoms with Crippen molar-refractivity contribution < 1.29 is 22.7 Å². The second-order valence-corrected chi connectivity index (χ2v) is 7.44. The van der Waals surface area contributed by atoms with Crippen molar-refractivity contribution in [2.24, 2.45) is 0 Å². The first-order valence-corrected chi connectivity index (χ1v) is 9.72. The number of halogens is 3. The first kappa shape index (κ1) is 19.3. The molecule has 0 saturated carbocycles. The van der Waals surface area contributed by atoms with E-state index in [1.54, 1.807) is 18.2 Å². The predicted octanol–water partition coefficient (Wildman–Crippen LogP) is 3.95. The van der Waals surface area contributed by atoms with Crippen LogP contribution in [0.2, 0.25) is 0 Å². The number of imidazole rings is 1. The van der Waals surface area contributed by atoms with E-state index in [1.165, 1.54) is 34.0 Å². The highest BCUT2D eigenvalue weighted by Crippen LogP contribution is 2.32. The molecule has 31 heavy (non-hydrogen) atoms. The van der Waals surface area contributed by atoms with Gasteiger partial charge in [0.05, 0.1) is 17.6 Å². The lowest BCUT2D eigenvalue weighted by Gasteiger charge is -2.38. The number of benzene rings is 1. The van der Waals surface area contributed by atoms with Gasteiger partial charge in [0, 0.05) is 43.0 Å². The molecular formula is C22H17F3N4O2. The fourth-order valence-electron chi connectivity index (χ4n) is 3.76. The van der Waals surface area contributed by atoms with Crippen molar-refractivity contribution in [2.45, 2.75) is 18.4 Å². The predicted molar refractivity (Wildman–Crippen MR) is 107 cm³/mol. The molecule has 0 N–H and O–H groups in total. The van der Waals surface area contributed by atoms with E-state index in [2.05, 4.69) is 9.97 Å². The van der Waals surface area contributed by atoms with E-state index in [1.807, 2.05) is 12.1 Å². The first-order valence-electron chi connectivity index (χ1n) is 9.72. The third-order valence-electron chi connectivity index (χ3n) is 5.38. The molecule has 1 fully saturated rings. The maximum atomic E-state index is 14.6. The first-order chi connectivity index (χ1) is 14.9. The average molecular weight is 426 g/mol. The zero-order valence-corrected chi connectivity index (χ0v) is 16.2. The lowest BCUT2D eigenvalue weighted by molar-refractivity contribution is -0.131. The normalized spacial score (nSPS) is 18.4. The number of rotatable bonds is 3. The van der Waals surface area contributed by atoms with Gasteiger partial charge in [-0.25, -0.2) is 23.1 Å². The summed E-state index contributed by atoms with van der Waals surface area (Å²) in [6.45, 7) is -0.538. The van der Waals surface area contributed by atoms with Gasteiger partial charge in [-0.1, -0.05) is 18.2 Å². The van der Waals surface area contributed by atoms with Gasteiger partial charge >= 0.3 is 0 Å². The van der Waals surface area contributed by atoms with Gasteiger partial charge in [-0.05, 0) is 18.2 Å². The molecule has 0 aliphatic carbocycles. The number of hydrogen-bond donors (Lipinski definition) is 0. The summed E-state index contributed by atoms with van der Waals surface area (Å²) in [7, 11) is 0. The molecular weight excluding hydrogens is 409 g/mol. The highest BCUT2D eigenvalue weighted by Gasteiger charge is 2.47. The van der Waals surface area contributed by atoms with Gasteiger partial charge in [0.25, 0.3) is 11.8 Å². The van der Waals surface area contributed by atoms with E-state index in [4.69, 9.17) is 4.74 Å². The van der Waals surface area contributed by atoms with Crippen LogP contribution in [-0.4, -0.2) is 50.3 Å². The van der Waals surface area contributed by atoms with E-state index >= 15 is 0 Å². The maximum absolute atomic E-state index is 14.6. The van der Waals surface area contributed by atoms with Crippen molar-refractivity contribution in [1.82, 2.24) is 19.3 Å². The molecule has 158 valence electrons. The zero-order valence-electron chi connectivity index (χ0n) is 16.2. The van der Waals surface area contributed by atoms with Crippen LogP contribution in [0.5, 0.6) is 5.88 Å². The number of fused-ring (bicyclic) bond motifs is 2. The van der Waals surface area contributed by atoms with Gasteiger partial charge in [0.15, 0.2) is 6.10 Å². The summed E-state index contributed by atoms with van der Waals surface area (Å²) < 4.78 is 50.1.